The van der Waals surface area contributed by atoms with E-state index < -0.39 is 0 Å². The summed E-state index contributed by atoms with van der Waals surface area (Å²) in [4.78, 5) is 2.73. The molecule has 2 fully saturated rings. The molecule has 0 aromatic heterocycles. The Morgan fingerprint density at radius 2 is 2.00 bits per heavy atom. The minimum absolute atomic E-state index is 0.756. The molecule has 2 nitrogen and oxygen atoms in total. The summed E-state index contributed by atoms with van der Waals surface area (Å²) in [6.07, 6.45) is 6.41. The normalized spacial score (nSPS) is 28.4. The Balaban J connectivity index is 1.69. The molecule has 2 heteroatoms. The number of nitrogens with one attached hydrogen (secondary N) is 1. The van der Waals surface area contributed by atoms with Crippen molar-refractivity contribution in [1.29, 1.82) is 0 Å². The first-order valence-electron chi connectivity index (χ1n) is 7.51. The van der Waals surface area contributed by atoms with E-state index in [1.54, 1.807) is 0 Å². The molecule has 2 aliphatic heterocycles. The highest BCUT2D eigenvalue weighted by molar-refractivity contribution is 5.52. The molecule has 3 rings (SSSR count). The smallest absolute Gasteiger partial charge is 0.0227 e. The Morgan fingerprint density at radius 3 is 2.84 bits per heavy atom. The number of nitrogens with zero attached hydrogens (tertiary/aromatic N) is 1. The maximum atomic E-state index is 3.57. The largest absolute Gasteiger partial charge is 0.315 e. The first-order valence-corrected chi connectivity index (χ1v) is 7.51. The van der Waals surface area contributed by atoms with Crippen LogP contribution in [-0.4, -0.2) is 36.6 Å². The summed E-state index contributed by atoms with van der Waals surface area (Å²) >= 11 is 0. The standard InChI is InChI=1S/C17H24N2/c1-14(11-15-5-3-2-4-6-15)13-19-16-7-8-17(19)12-18-10-9-16/h2-6,11,16-18H,7-10,12-13H2,1H3/b14-11+/t16-,17+/m1/s1. The van der Waals surface area contributed by atoms with Gasteiger partial charge in [-0.05, 0) is 38.3 Å². The van der Waals surface area contributed by atoms with Gasteiger partial charge >= 0.3 is 0 Å². The fourth-order valence-corrected chi connectivity index (χ4v) is 3.51. The van der Waals surface area contributed by atoms with Gasteiger partial charge in [-0.25, -0.2) is 0 Å². The number of rotatable bonds is 3. The monoisotopic (exact) mass is 256 g/mol. The fraction of sp³-hybridized carbons (Fsp3) is 0.529. The molecule has 2 aliphatic rings. The lowest BCUT2D eigenvalue weighted by Gasteiger charge is -2.27. The van der Waals surface area contributed by atoms with Crippen LogP contribution in [0.25, 0.3) is 6.08 Å². The average molecular weight is 256 g/mol. The van der Waals surface area contributed by atoms with Crippen molar-refractivity contribution >= 4 is 6.08 Å². The van der Waals surface area contributed by atoms with Crippen molar-refractivity contribution in [1.82, 2.24) is 10.2 Å². The summed E-state index contributed by atoms with van der Waals surface area (Å²) in [5, 5.41) is 3.57. The van der Waals surface area contributed by atoms with Crippen LogP contribution in [0.15, 0.2) is 35.9 Å². The summed E-state index contributed by atoms with van der Waals surface area (Å²) in [7, 11) is 0. The zero-order chi connectivity index (χ0) is 13.1. The molecule has 2 saturated heterocycles. The molecule has 19 heavy (non-hydrogen) atoms. The van der Waals surface area contributed by atoms with E-state index in [1.165, 1.54) is 43.5 Å². The molecule has 0 unspecified atom stereocenters. The molecule has 1 aromatic carbocycles. The zero-order valence-electron chi connectivity index (χ0n) is 11.8. The summed E-state index contributed by atoms with van der Waals surface area (Å²) in [6, 6.07) is 12.2. The Labute approximate surface area is 116 Å². The molecule has 102 valence electrons. The second-order valence-electron chi connectivity index (χ2n) is 5.95. The first-order chi connectivity index (χ1) is 9.33. The lowest BCUT2D eigenvalue weighted by Crippen LogP contribution is -2.38. The van der Waals surface area contributed by atoms with Crippen LogP contribution in [0.2, 0.25) is 0 Å². The van der Waals surface area contributed by atoms with Crippen molar-refractivity contribution in [2.24, 2.45) is 0 Å². The van der Waals surface area contributed by atoms with Gasteiger partial charge in [0.05, 0.1) is 0 Å². The molecule has 0 saturated carbocycles. The highest BCUT2D eigenvalue weighted by Crippen LogP contribution is 2.28. The number of hydrogen-bond donors (Lipinski definition) is 1. The topological polar surface area (TPSA) is 15.3 Å². The zero-order valence-corrected chi connectivity index (χ0v) is 11.8. The van der Waals surface area contributed by atoms with Crippen molar-refractivity contribution in [2.75, 3.05) is 19.6 Å². The van der Waals surface area contributed by atoms with Gasteiger partial charge < -0.3 is 5.32 Å². The van der Waals surface area contributed by atoms with Crippen molar-refractivity contribution < 1.29 is 0 Å². The fourth-order valence-electron chi connectivity index (χ4n) is 3.51. The molecule has 0 amide bonds. The molecule has 0 aliphatic carbocycles. The summed E-state index contributed by atoms with van der Waals surface area (Å²) < 4.78 is 0. The van der Waals surface area contributed by atoms with E-state index in [1.807, 2.05) is 0 Å². The molecule has 2 atom stereocenters. The van der Waals surface area contributed by atoms with E-state index in [-0.39, 0.29) is 0 Å². The number of hydrogen-bond acceptors (Lipinski definition) is 2. The lowest BCUT2D eigenvalue weighted by molar-refractivity contribution is 0.221. The Bertz CT molecular complexity index is 424. The van der Waals surface area contributed by atoms with E-state index >= 15 is 0 Å². The Kier molecular flexibility index (Phi) is 4.00. The highest BCUT2D eigenvalue weighted by atomic mass is 15.2. The van der Waals surface area contributed by atoms with Gasteiger partial charge in [0.15, 0.2) is 0 Å². The molecule has 0 spiro atoms. The van der Waals surface area contributed by atoms with E-state index in [0.29, 0.717) is 0 Å². The van der Waals surface area contributed by atoms with E-state index in [0.717, 1.165) is 18.6 Å². The van der Waals surface area contributed by atoms with Gasteiger partial charge in [-0.3, -0.25) is 4.90 Å². The van der Waals surface area contributed by atoms with E-state index in [9.17, 15) is 0 Å². The molecular weight excluding hydrogens is 232 g/mol. The third-order valence-electron chi connectivity index (χ3n) is 4.45. The second-order valence-corrected chi connectivity index (χ2v) is 5.95. The molecule has 1 N–H and O–H groups in total. The number of fused-ring (bicyclic) bond motifs is 2. The Hall–Kier alpha value is -1.12. The summed E-state index contributed by atoms with van der Waals surface area (Å²) in [5.41, 5.74) is 2.80. The van der Waals surface area contributed by atoms with Gasteiger partial charge in [-0.1, -0.05) is 42.0 Å². The third kappa shape index (κ3) is 3.07. The molecule has 0 radical (unpaired) electrons. The van der Waals surface area contributed by atoms with Crippen LogP contribution in [0.5, 0.6) is 0 Å². The Morgan fingerprint density at radius 1 is 1.21 bits per heavy atom. The van der Waals surface area contributed by atoms with Crippen LogP contribution in [0.4, 0.5) is 0 Å². The van der Waals surface area contributed by atoms with Crippen LogP contribution in [0.3, 0.4) is 0 Å². The van der Waals surface area contributed by atoms with E-state index in [2.05, 4.69) is 53.5 Å². The summed E-state index contributed by atoms with van der Waals surface area (Å²) in [6.45, 7) is 5.77. The van der Waals surface area contributed by atoms with Crippen LogP contribution < -0.4 is 5.32 Å². The van der Waals surface area contributed by atoms with E-state index in [4.69, 9.17) is 0 Å². The van der Waals surface area contributed by atoms with Gasteiger partial charge in [-0.15, -0.1) is 0 Å². The second kappa shape index (κ2) is 5.89. The lowest BCUT2D eigenvalue weighted by atomic mass is 10.1. The molecular formula is C17H24N2. The van der Waals surface area contributed by atoms with Gasteiger partial charge in [0, 0.05) is 25.2 Å². The maximum absolute atomic E-state index is 3.57. The third-order valence-corrected chi connectivity index (χ3v) is 4.45. The quantitative estimate of drug-likeness (QED) is 0.894. The van der Waals surface area contributed by atoms with Gasteiger partial charge in [-0.2, -0.15) is 0 Å². The van der Waals surface area contributed by atoms with Crippen LogP contribution in [-0.2, 0) is 0 Å². The van der Waals surface area contributed by atoms with Crippen molar-refractivity contribution in [3.05, 3.63) is 41.5 Å². The first kappa shape index (κ1) is 12.9. The maximum Gasteiger partial charge on any atom is 0.0227 e. The van der Waals surface area contributed by atoms with Gasteiger partial charge in [0.25, 0.3) is 0 Å². The minimum atomic E-state index is 0.756. The van der Waals surface area contributed by atoms with Crippen LogP contribution >= 0.6 is 0 Å². The van der Waals surface area contributed by atoms with Crippen molar-refractivity contribution in [2.45, 2.75) is 38.3 Å². The number of benzene rings is 1. The summed E-state index contributed by atoms with van der Waals surface area (Å²) in [5.74, 6) is 0. The molecule has 1 aromatic rings. The average Bonchev–Trinajstić information content (AvgIpc) is 2.64. The predicted octanol–water partition coefficient (Wildman–Crippen LogP) is 2.92. The SMILES string of the molecule is C/C(=C\c1ccccc1)CN1[C@H]2CCNC[C@@H]1CC2. The minimum Gasteiger partial charge on any atom is -0.315 e. The van der Waals surface area contributed by atoms with Crippen LogP contribution in [0.1, 0.15) is 31.7 Å². The predicted molar refractivity (Wildman–Crippen MR) is 81.1 cm³/mol. The highest BCUT2D eigenvalue weighted by Gasteiger charge is 2.34. The molecule has 2 heterocycles. The molecule has 2 bridgehead atoms. The van der Waals surface area contributed by atoms with Crippen molar-refractivity contribution in [3.8, 4) is 0 Å². The van der Waals surface area contributed by atoms with Gasteiger partial charge in [0.1, 0.15) is 0 Å². The van der Waals surface area contributed by atoms with Crippen LogP contribution in [0, 0.1) is 0 Å². The van der Waals surface area contributed by atoms with Crippen molar-refractivity contribution in [3.63, 3.8) is 0 Å². The van der Waals surface area contributed by atoms with Gasteiger partial charge in [0.2, 0.25) is 0 Å².